The second-order valence-corrected chi connectivity index (χ2v) is 6.42. The van der Waals surface area contributed by atoms with Gasteiger partial charge in [0.1, 0.15) is 0 Å². The number of amides is 1. The number of fused-ring (bicyclic) bond motifs is 3. The first kappa shape index (κ1) is 12.7. The highest BCUT2D eigenvalue weighted by molar-refractivity contribution is 6.06. The molecule has 4 rings (SSSR count). The van der Waals surface area contributed by atoms with Crippen LogP contribution in [0.5, 0.6) is 0 Å². The van der Waals surface area contributed by atoms with E-state index in [0.717, 1.165) is 28.9 Å². The minimum atomic E-state index is 0.0542. The molecule has 3 heteroatoms. The van der Waals surface area contributed by atoms with Crippen LogP contribution in [0.15, 0.2) is 42.6 Å². The monoisotopic (exact) mass is 280 g/mol. The summed E-state index contributed by atoms with van der Waals surface area (Å²) in [4.78, 5) is 12.5. The molecule has 1 heterocycles. The van der Waals surface area contributed by atoms with Crippen molar-refractivity contribution >= 4 is 16.8 Å². The van der Waals surface area contributed by atoms with E-state index in [1.807, 2.05) is 42.1 Å². The highest BCUT2D eigenvalue weighted by Gasteiger charge is 2.35. The van der Waals surface area contributed by atoms with E-state index in [0.29, 0.717) is 11.8 Å². The fraction of sp³-hybridized carbons (Fsp3) is 0.389. The van der Waals surface area contributed by atoms with Crippen LogP contribution in [-0.2, 0) is 7.05 Å². The Morgan fingerprint density at radius 3 is 2.95 bits per heavy atom. The van der Waals surface area contributed by atoms with Gasteiger partial charge in [0.05, 0.1) is 0 Å². The lowest BCUT2D eigenvalue weighted by Crippen LogP contribution is -2.31. The van der Waals surface area contributed by atoms with Crippen LogP contribution in [0.2, 0.25) is 0 Å². The molecular formula is C18H20N2O. The first-order chi connectivity index (χ1) is 10.2. The summed E-state index contributed by atoms with van der Waals surface area (Å²) in [6.45, 7) is 0.799. The number of hydrogen-bond donors (Lipinski definition) is 1. The molecule has 1 N–H and O–H groups in total. The molecule has 0 aliphatic heterocycles. The van der Waals surface area contributed by atoms with Gasteiger partial charge in [-0.3, -0.25) is 4.79 Å². The molecule has 3 nitrogen and oxygen atoms in total. The van der Waals surface area contributed by atoms with Crippen molar-refractivity contribution in [1.82, 2.24) is 9.88 Å². The molecule has 1 fully saturated rings. The van der Waals surface area contributed by atoms with Gasteiger partial charge in [0, 0.05) is 36.3 Å². The number of hydrogen-bond acceptors (Lipinski definition) is 1. The number of aryl methyl sites for hydroxylation is 1. The summed E-state index contributed by atoms with van der Waals surface area (Å²) >= 11 is 0. The van der Waals surface area contributed by atoms with Crippen molar-refractivity contribution in [1.29, 1.82) is 0 Å². The van der Waals surface area contributed by atoms with E-state index < -0.39 is 0 Å². The lowest BCUT2D eigenvalue weighted by atomic mass is 9.93. The van der Waals surface area contributed by atoms with E-state index >= 15 is 0 Å². The van der Waals surface area contributed by atoms with E-state index in [1.165, 1.54) is 12.8 Å². The van der Waals surface area contributed by atoms with Crippen LogP contribution < -0.4 is 5.32 Å². The fourth-order valence-electron chi connectivity index (χ4n) is 3.95. The number of rotatable bonds is 3. The van der Waals surface area contributed by atoms with E-state index in [4.69, 9.17) is 0 Å². The molecule has 1 aromatic heterocycles. The van der Waals surface area contributed by atoms with E-state index in [9.17, 15) is 4.79 Å². The van der Waals surface area contributed by atoms with Gasteiger partial charge < -0.3 is 9.88 Å². The average Bonchev–Trinajstić information content (AvgIpc) is 3.20. The highest BCUT2D eigenvalue weighted by atomic mass is 16.1. The molecule has 21 heavy (non-hydrogen) atoms. The second kappa shape index (κ2) is 4.76. The maximum atomic E-state index is 12.5. The highest BCUT2D eigenvalue weighted by Crippen LogP contribution is 2.42. The summed E-state index contributed by atoms with van der Waals surface area (Å²) in [7, 11) is 2.01. The van der Waals surface area contributed by atoms with Crippen LogP contribution in [0, 0.1) is 17.8 Å². The molecule has 0 saturated heterocycles. The minimum Gasteiger partial charge on any atom is -0.352 e. The Labute approximate surface area is 124 Å². The van der Waals surface area contributed by atoms with Gasteiger partial charge in [-0.15, -0.1) is 0 Å². The Morgan fingerprint density at radius 1 is 1.29 bits per heavy atom. The van der Waals surface area contributed by atoms with E-state index in [1.54, 1.807) is 0 Å². The molecule has 3 atom stereocenters. The molecule has 2 bridgehead atoms. The third-order valence-electron chi connectivity index (χ3n) is 5.11. The zero-order valence-electron chi connectivity index (χ0n) is 12.3. The van der Waals surface area contributed by atoms with Gasteiger partial charge in [-0.2, -0.15) is 0 Å². The maximum Gasteiger partial charge on any atom is 0.251 e. The maximum absolute atomic E-state index is 12.5. The standard InChI is InChI=1S/C18H20N2O/c1-20-8-7-15-16(3-2-4-17(15)20)18(21)19-11-14-10-12-5-6-13(14)9-12/h2-8,12-14H,9-11H2,1H3,(H,19,21)/t12-,13-,14+/m1/s1. The summed E-state index contributed by atoms with van der Waals surface area (Å²) in [5.41, 5.74) is 1.89. The quantitative estimate of drug-likeness (QED) is 0.861. The smallest absolute Gasteiger partial charge is 0.251 e. The summed E-state index contributed by atoms with van der Waals surface area (Å²) in [6, 6.07) is 7.94. The number of carbonyl (C=O) groups excluding carboxylic acids is 1. The van der Waals surface area contributed by atoms with Crippen LogP contribution in [0.3, 0.4) is 0 Å². The summed E-state index contributed by atoms with van der Waals surface area (Å²) in [5.74, 6) is 2.12. The predicted octanol–water partition coefficient (Wildman–Crippen LogP) is 3.12. The molecule has 1 aromatic carbocycles. The van der Waals surface area contributed by atoms with Crippen LogP contribution in [0.25, 0.3) is 10.9 Å². The Kier molecular flexibility index (Phi) is 2.88. The van der Waals surface area contributed by atoms with Crippen molar-refractivity contribution in [3.8, 4) is 0 Å². The number of benzene rings is 1. The topological polar surface area (TPSA) is 34.0 Å². The van der Waals surface area contributed by atoms with Crippen molar-refractivity contribution in [3.05, 3.63) is 48.2 Å². The third kappa shape index (κ3) is 2.08. The van der Waals surface area contributed by atoms with Gasteiger partial charge in [0.15, 0.2) is 0 Å². The first-order valence-electron chi connectivity index (χ1n) is 7.73. The van der Waals surface area contributed by atoms with Gasteiger partial charge in [-0.1, -0.05) is 18.2 Å². The van der Waals surface area contributed by atoms with Crippen molar-refractivity contribution in [3.63, 3.8) is 0 Å². The van der Waals surface area contributed by atoms with Gasteiger partial charge in [-0.25, -0.2) is 0 Å². The largest absolute Gasteiger partial charge is 0.352 e. The molecule has 108 valence electrons. The Bertz CT molecular complexity index is 728. The lowest BCUT2D eigenvalue weighted by molar-refractivity contribution is 0.0946. The van der Waals surface area contributed by atoms with Crippen LogP contribution in [0.1, 0.15) is 23.2 Å². The Morgan fingerprint density at radius 2 is 2.19 bits per heavy atom. The zero-order chi connectivity index (χ0) is 14.4. The van der Waals surface area contributed by atoms with Crippen LogP contribution >= 0.6 is 0 Å². The van der Waals surface area contributed by atoms with Crippen molar-refractivity contribution in [2.45, 2.75) is 12.8 Å². The van der Waals surface area contributed by atoms with Gasteiger partial charge in [-0.05, 0) is 48.8 Å². The van der Waals surface area contributed by atoms with Crippen molar-refractivity contribution in [2.75, 3.05) is 6.54 Å². The second-order valence-electron chi connectivity index (χ2n) is 6.42. The molecule has 2 aliphatic carbocycles. The number of allylic oxidation sites excluding steroid dienone is 2. The molecule has 1 saturated carbocycles. The lowest BCUT2D eigenvalue weighted by Gasteiger charge is -2.18. The Hall–Kier alpha value is -2.03. The predicted molar refractivity (Wildman–Crippen MR) is 84.1 cm³/mol. The molecule has 2 aliphatic rings. The Balaban J connectivity index is 1.50. The van der Waals surface area contributed by atoms with Crippen LogP contribution in [0.4, 0.5) is 0 Å². The number of carbonyl (C=O) groups is 1. The molecule has 2 aromatic rings. The zero-order valence-corrected chi connectivity index (χ0v) is 12.3. The number of nitrogens with one attached hydrogen (secondary N) is 1. The SMILES string of the molecule is Cn1ccc2c(C(=O)NC[C@@H]3C[C@@H]4C=C[C@@H]3C4)cccc21. The summed E-state index contributed by atoms with van der Waals surface area (Å²) in [6.07, 6.45) is 9.20. The van der Waals surface area contributed by atoms with Crippen LogP contribution in [-0.4, -0.2) is 17.0 Å². The van der Waals surface area contributed by atoms with Gasteiger partial charge >= 0.3 is 0 Å². The van der Waals surface area contributed by atoms with E-state index in [2.05, 4.69) is 17.5 Å². The number of aromatic nitrogens is 1. The minimum absolute atomic E-state index is 0.0542. The van der Waals surface area contributed by atoms with Crippen molar-refractivity contribution < 1.29 is 4.79 Å². The molecular weight excluding hydrogens is 260 g/mol. The fourth-order valence-corrected chi connectivity index (χ4v) is 3.95. The van der Waals surface area contributed by atoms with Gasteiger partial charge in [0.2, 0.25) is 0 Å². The number of nitrogens with zero attached hydrogens (tertiary/aromatic N) is 1. The first-order valence-corrected chi connectivity index (χ1v) is 7.73. The molecule has 0 spiro atoms. The van der Waals surface area contributed by atoms with Crippen molar-refractivity contribution in [2.24, 2.45) is 24.8 Å². The summed E-state index contributed by atoms with van der Waals surface area (Å²) < 4.78 is 2.05. The molecule has 1 amide bonds. The normalized spacial score (nSPS) is 26.6. The van der Waals surface area contributed by atoms with E-state index in [-0.39, 0.29) is 5.91 Å². The molecule has 0 radical (unpaired) electrons. The van der Waals surface area contributed by atoms with Gasteiger partial charge in [0.25, 0.3) is 5.91 Å². The summed E-state index contributed by atoms with van der Waals surface area (Å²) in [5, 5.41) is 4.18. The molecule has 0 unspecified atom stereocenters. The average molecular weight is 280 g/mol. The third-order valence-corrected chi connectivity index (χ3v) is 5.11.